The number of alkyl halides is 3. The molecule has 0 bridgehead atoms. The molecular weight excluding hydrogens is 248 g/mol. The Morgan fingerprint density at radius 3 is 2.18 bits per heavy atom. The zero-order valence-corrected chi connectivity index (χ0v) is 8.84. The minimum absolute atomic E-state index is 0.0691. The van der Waals surface area contributed by atoms with E-state index in [1.54, 1.807) is 0 Å². The van der Waals surface area contributed by atoms with E-state index in [0.29, 0.717) is 0 Å². The van der Waals surface area contributed by atoms with E-state index in [-0.39, 0.29) is 12.7 Å². The number of hydrogen-bond acceptors (Lipinski definition) is 4. The Balaban J connectivity index is 4.03. The average molecular weight is 258 g/mol. The molecule has 0 saturated carbocycles. The predicted octanol–water partition coefficient (Wildman–Crippen LogP) is 1.90. The summed E-state index contributed by atoms with van der Waals surface area (Å²) < 4.78 is 55.9. The molecule has 0 aliphatic heterocycles. The highest BCUT2D eigenvalue weighted by molar-refractivity contribution is 6.29. The number of esters is 2. The van der Waals surface area contributed by atoms with Crippen molar-refractivity contribution < 1.29 is 36.6 Å². The van der Waals surface area contributed by atoms with Crippen molar-refractivity contribution in [2.24, 2.45) is 0 Å². The lowest BCUT2D eigenvalue weighted by atomic mass is 10.3. The first-order valence-electron chi connectivity index (χ1n) is 4.51. The van der Waals surface area contributed by atoms with Gasteiger partial charge in [0.2, 0.25) is 0 Å². The van der Waals surface area contributed by atoms with Crippen molar-refractivity contribution in [3.8, 4) is 0 Å². The SMILES string of the molecule is CCOC(=O)C(=O)OCC(F)=CCC(F)(F)F. The van der Waals surface area contributed by atoms with Gasteiger partial charge in [0.1, 0.15) is 12.4 Å². The molecule has 98 valence electrons. The van der Waals surface area contributed by atoms with Gasteiger partial charge in [0.15, 0.2) is 0 Å². The van der Waals surface area contributed by atoms with Gasteiger partial charge in [-0.1, -0.05) is 0 Å². The molecule has 8 heteroatoms. The molecule has 0 heterocycles. The van der Waals surface area contributed by atoms with Gasteiger partial charge in [-0.3, -0.25) is 0 Å². The van der Waals surface area contributed by atoms with Gasteiger partial charge in [-0.05, 0) is 13.0 Å². The maximum absolute atomic E-state index is 12.7. The Labute approximate surface area is 94.2 Å². The Morgan fingerprint density at radius 2 is 1.71 bits per heavy atom. The van der Waals surface area contributed by atoms with Gasteiger partial charge in [0, 0.05) is 0 Å². The molecule has 0 spiro atoms. The highest BCUT2D eigenvalue weighted by Gasteiger charge is 2.25. The Hall–Kier alpha value is -1.60. The van der Waals surface area contributed by atoms with Crippen molar-refractivity contribution in [2.75, 3.05) is 13.2 Å². The summed E-state index contributed by atoms with van der Waals surface area (Å²) in [5.74, 6) is -4.07. The van der Waals surface area contributed by atoms with E-state index in [2.05, 4.69) is 9.47 Å². The number of carbonyl (C=O) groups excluding carboxylic acids is 2. The molecule has 17 heavy (non-hydrogen) atoms. The second kappa shape index (κ2) is 6.87. The van der Waals surface area contributed by atoms with Gasteiger partial charge >= 0.3 is 18.1 Å². The second-order valence-electron chi connectivity index (χ2n) is 2.77. The summed E-state index contributed by atoms with van der Waals surface area (Å²) in [6.07, 6.45) is -5.79. The maximum Gasteiger partial charge on any atom is 0.417 e. The van der Waals surface area contributed by atoms with Crippen LogP contribution >= 0.6 is 0 Å². The molecular formula is C9H10F4O4. The number of hydrogen-bond donors (Lipinski definition) is 0. The van der Waals surface area contributed by atoms with E-state index in [1.807, 2.05) is 0 Å². The molecule has 0 N–H and O–H groups in total. The van der Waals surface area contributed by atoms with E-state index in [1.165, 1.54) is 6.92 Å². The number of allylic oxidation sites excluding steroid dienone is 1. The van der Waals surface area contributed by atoms with E-state index in [4.69, 9.17) is 0 Å². The Bertz CT molecular complexity index is 309. The fourth-order valence-corrected chi connectivity index (χ4v) is 0.669. The first kappa shape index (κ1) is 15.4. The molecule has 0 fully saturated rings. The number of rotatable bonds is 4. The second-order valence-corrected chi connectivity index (χ2v) is 2.77. The number of carbonyl (C=O) groups is 2. The molecule has 0 radical (unpaired) electrons. The summed E-state index contributed by atoms with van der Waals surface area (Å²) in [6, 6.07) is 0. The van der Waals surface area contributed by atoms with Crippen LogP contribution in [0.25, 0.3) is 0 Å². The first-order valence-corrected chi connectivity index (χ1v) is 4.51. The van der Waals surface area contributed by atoms with Gasteiger partial charge in [0.25, 0.3) is 0 Å². The van der Waals surface area contributed by atoms with E-state index < -0.39 is 37.0 Å². The quantitative estimate of drug-likeness (QED) is 0.439. The van der Waals surface area contributed by atoms with Gasteiger partial charge < -0.3 is 9.47 Å². The van der Waals surface area contributed by atoms with Gasteiger partial charge in [-0.2, -0.15) is 13.2 Å². The summed E-state index contributed by atoms with van der Waals surface area (Å²) in [4.78, 5) is 21.4. The Kier molecular flexibility index (Phi) is 6.22. The fourth-order valence-electron chi connectivity index (χ4n) is 0.669. The standard InChI is InChI=1S/C9H10F4O4/c1-2-16-7(14)8(15)17-5-6(10)3-4-9(11,12)13/h3H,2,4-5H2,1H3. The molecule has 0 aliphatic carbocycles. The van der Waals surface area contributed by atoms with Crippen molar-refractivity contribution in [2.45, 2.75) is 19.5 Å². The molecule has 0 aliphatic rings. The van der Waals surface area contributed by atoms with Crippen LogP contribution in [-0.2, 0) is 19.1 Å². The summed E-state index contributed by atoms with van der Waals surface area (Å²) in [5.41, 5.74) is 0. The molecule has 0 atom stereocenters. The molecule has 0 aromatic heterocycles. The van der Waals surface area contributed by atoms with Gasteiger partial charge in [0.05, 0.1) is 13.0 Å². The maximum atomic E-state index is 12.7. The molecule has 0 rings (SSSR count). The topological polar surface area (TPSA) is 52.6 Å². The van der Waals surface area contributed by atoms with Crippen molar-refractivity contribution in [3.05, 3.63) is 11.9 Å². The van der Waals surface area contributed by atoms with Crippen LogP contribution in [0.1, 0.15) is 13.3 Å². The monoisotopic (exact) mass is 258 g/mol. The predicted molar refractivity (Wildman–Crippen MR) is 47.5 cm³/mol. The zero-order valence-electron chi connectivity index (χ0n) is 8.84. The minimum Gasteiger partial charge on any atom is -0.458 e. The summed E-state index contributed by atoms with van der Waals surface area (Å²) in [7, 11) is 0. The largest absolute Gasteiger partial charge is 0.458 e. The van der Waals surface area contributed by atoms with Crippen LogP contribution in [0.2, 0.25) is 0 Å². The smallest absolute Gasteiger partial charge is 0.417 e. The number of halogens is 4. The fraction of sp³-hybridized carbons (Fsp3) is 0.556. The van der Waals surface area contributed by atoms with Crippen LogP contribution in [0.3, 0.4) is 0 Å². The van der Waals surface area contributed by atoms with Gasteiger partial charge in [-0.15, -0.1) is 0 Å². The summed E-state index contributed by atoms with van der Waals surface area (Å²) >= 11 is 0. The van der Waals surface area contributed by atoms with Crippen molar-refractivity contribution in [3.63, 3.8) is 0 Å². The minimum atomic E-state index is -4.54. The van der Waals surface area contributed by atoms with Crippen LogP contribution in [0.15, 0.2) is 11.9 Å². The van der Waals surface area contributed by atoms with Crippen molar-refractivity contribution in [1.29, 1.82) is 0 Å². The van der Waals surface area contributed by atoms with E-state index in [0.717, 1.165) is 0 Å². The summed E-state index contributed by atoms with van der Waals surface area (Å²) in [6.45, 7) is 0.336. The first-order chi connectivity index (χ1) is 7.76. The van der Waals surface area contributed by atoms with Crippen LogP contribution in [0.4, 0.5) is 17.6 Å². The van der Waals surface area contributed by atoms with E-state index >= 15 is 0 Å². The highest BCUT2D eigenvalue weighted by Crippen LogP contribution is 2.21. The molecule has 0 unspecified atom stereocenters. The third-order valence-corrected chi connectivity index (χ3v) is 1.34. The zero-order chi connectivity index (χ0) is 13.5. The molecule has 4 nitrogen and oxygen atoms in total. The third-order valence-electron chi connectivity index (χ3n) is 1.34. The summed E-state index contributed by atoms with van der Waals surface area (Å²) in [5, 5.41) is 0. The van der Waals surface area contributed by atoms with Gasteiger partial charge in [-0.25, -0.2) is 14.0 Å². The average Bonchev–Trinajstić information content (AvgIpc) is 2.22. The molecule has 0 aromatic rings. The van der Waals surface area contributed by atoms with Crippen LogP contribution in [0.5, 0.6) is 0 Å². The lowest BCUT2D eigenvalue weighted by Crippen LogP contribution is -2.20. The molecule has 0 amide bonds. The van der Waals surface area contributed by atoms with Crippen molar-refractivity contribution in [1.82, 2.24) is 0 Å². The molecule has 0 aromatic carbocycles. The van der Waals surface area contributed by atoms with Crippen molar-refractivity contribution >= 4 is 11.9 Å². The third kappa shape index (κ3) is 8.23. The van der Waals surface area contributed by atoms with E-state index in [9.17, 15) is 27.2 Å². The van der Waals surface area contributed by atoms with Crippen LogP contribution in [0, 0.1) is 0 Å². The lowest BCUT2D eigenvalue weighted by Gasteiger charge is -2.04. The Morgan fingerprint density at radius 1 is 1.18 bits per heavy atom. The highest BCUT2D eigenvalue weighted by atomic mass is 19.4. The normalized spacial score (nSPS) is 12.2. The number of ether oxygens (including phenoxy) is 2. The van der Waals surface area contributed by atoms with Crippen LogP contribution < -0.4 is 0 Å². The molecule has 0 saturated heterocycles. The van der Waals surface area contributed by atoms with Crippen LogP contribution in [-0.4, -0.2) is 31.3 Å². The lowest BCUT2D eigenvalue weighted by molar-refractivity contribution is -0.167.